The number of hydrogen-bond donors (Lipinski definition) is 0. The third kappa shape index (κ3) is 2.05. The Hall–Kier alpha value is -0.640. The molecule has 0 N–H and O–H groups in total. The van der Waals surface area contributed by atoms with E-state index in [-0.39, 0.29) is 5.83 Å². The molecular formula is C12H10FI. The molecule has 0 nitrogen and oxygen atoms in total. The molecule has 0 atom stereocenters. The van der Waals surface area contributed by atoms with Crippen LogP contribution in [-0.4, -0.2) is 0 Å². The molecule has 1 aromatic rings. The van der Waals surface area contributed by atoms with E-state index >= 15 is 0 Å². The van der Waals surface area contributed by atoms with Crippen LogP contribution in [0.2, 0.25) is 0 Å². The Bertz CT molecular complexity index is 387. The van der Waals surface area contributed by atoms with E-state index in [2.05, 4.69) is 22.6 Å². The van der Waals surface area contributed by atoms with Gasteiger partial charge in [-0.15, -0.1) is 0 Å². The Labute approximate surface area is 96.7 Å². The van der Waals surface area contributed by atoms with Crippen molar-refractivity contribution in [3.8, 4) is 0 Å². The van der Waals surface area contributed by atoms with Gasteiger partial charge < -0.3 is 0 Å². The van der Waals surface area contributed by atoms with Crippen molar-refractivity contribution in [2.24, 2.45) is 0 Å². The van der Waals surface area contributed by atoms with Gasteiger partial charge in [-0.2, -0.15) is 0 Å². The van der Waals surface area contributed by atoms with Crippen LogP contribution in [0.5, 0.6) is 0 Å². The summed E-state index contributed by atoms with van der Waals surface area (Å²) in [7, 11) is 0. The van der Waals surface area contributed by atoms with E-state index in [1.54, 1.807) is 0 Å². The van der Waals surface area contributed by atoms with Crippen molar-refractivity contribution in [1.82, 2.24) is 0 Å². The van der Waals surface area contributed by atoms with Gasteiger partial charge in [-0.05, 0) is 46.7 Å². The normalized spacial score (nSPS) is 16.1. The van der Waals surface area contributed by atoms with Crippen LogP contribution >= 0.6 is 22.6 Å². The zero-order chi connectivity index (χ0) is 9.97. The number of halogens is 2. The largest absolute Gasteiger partial charge is 0.211 e. The molecule has 1 aliphatic carbocycles. The van der Waals surface area contributed by atoms with Gasteiger partial charge in [0.15, 0.2) is 0 Å². The second-order valence-corrected chi connectivity index (χ2v) is 4.51. The van der Waals surface area contributed by atoms with Crippen LogP contribution < -0.4 is 0 Å². The Kier molecular flexibility index (Phi) is 3.01. The van der Waals surface area contributed by atoms with Gasteiger partial charge >= 0.3 is 0 Å². The molecule has 0 fully saturated rings. The molecule has 0 heterocycles. The van der Waals surface area contributed by atoms with Crippen LogP contribution in [0.4, 0.5) is 4.39 Å². The van der Waals surface area contributed by atoms with E-state index < -0.39 is 0 Å². The molecule has 0 bridgehead atoms. The molecule has 0 amide bonds. The summed E-state index contributed by atoms with van der Waals surface area (Å²) < 4.78 is 14.6. The minimum Gasteiger partial charge on any atom is -0.211 e. The van der Waals surface area contributed by atoms with Gasteiger partial charge in [0.05, 0.1) is 0 Å². The third-order valence-electron chi connectivity index (χ3n) is 2.26. The fourth-order valence-corrected chi connectivity index (χ4v) is 1.88. The van der Waals surface area contributed by atoms with E-state index in [0.717, 1.165) is 17.6 Å². The van der Waals surface area contributed by atoms with Crippen molar-refractivity contribution in [2.45, 2.75) is 12.8 Å². The second-order valence-electron chi connectivity index (χ2n) is 3.27. The zero-order valence-corrected chi connectivity index (χ0v) is 9.79. The predicted molar refractivity (Wildman–Crippen MR) is 65.6 cm³/mol. The van der Waals surface area contributed by atoms with Gasteiger partial charge in [-0.1, -0.05) is 24.3 Å². The van der Waals surface area contributed by atoms with Crippen molar-refractivity contribution in [3.63, 3.8) is 0 Å². The lowest BCUT2D eigenvalue weighted by Gasteiger charge is -2.09. The number of benzene rings is 1. The number of rotatable bonds is 1. The summed E-state index contributed by atoms with van der Waals surface area (Å²) >= 11 is 2.24. The molecule has 0 aliphatic heterocycles. The van der Waals surface area contributed by atoms with Crippen LogP contribution in [0.3, 0.4) is 0 Å². The smallest absolute Gasteiger partial charge is 0.108 e. The van der Waals surface area contributed by atoms with Gasteiger partial charge in [0.1, 0.15) is 5.83 Å². The first-order valence-electron chi connectivity index (χ1n) is 4.58. The van der Waals surface area contributed by atoms with Gasteiger partial charge in [-0.3, -0.25) is 0 Å². The first-order chi connectivity index (χ1) is 6.77. The molecular weight excluding hydrogens is 290 g/mol. The van der Waals surface area contributed by atoms with Crippen LogP contribution in [-0.2, 0) is 0 Å². The van der Waals surface area contributed by atoms with Crippen molar-refractivity contribution < 1.29 is 4.39 Å². The highest BCUT2D eigenvalue weighted by Crippen LogP contribution is 2.28. The maximum absolute atomic E-state index is 13.5. The Morgan fingerprint density at radius 2 is 1.86 bits per heavy atom. The highest BCUT2D eigenvalue weighted by atomic mass is 127. The lowest BCUT2D eigenvalue weighted by molar-refractivity contribution is 0.592. The van der Waals surface area contributed by atoms with Crippen LogP contribution in [0.1, 0.15) is 18.4 Å². The third-order valence-corrected chi connectivity index (χ3v) is 2.98. The summed E-state index contributed by atoms with van der Waals surface area (Å²) in [5.74, 6) is 0.00806. The molecule has 0 saturated carbocycles. The Balaban J connectivity index is 2.39. The van der Waals surface area contributed by atoms with Crippen LogP contribution in [0, 0.1) is 3.57 Å². The minimum absolute atomic E-state index is 0.00806. The van der Waals surface area contributed by atoms with Crippen LogP contribution in [0.25, 0.3) is 5.57 Å². The quantitative estimate of drug-likeness (QED) is 0.678. The lowest BCUT2D eigenvalue weighted by Crippen LogP contribution is -1.90. The second kappa shape index (κ2) is 4.26. The standard InChI is InChI=1S/C12H10FI/c13-12-4-2-1-3-11(12)9-5-7-10(14)8-6-9/h1,3,5-8H,2,4H2. The molecule has 72 valence electrons. The molecule has 0 aromatic heterocycles. The minimum atomic E-state index is 0.00806. The summed E-state index contributed by atoms with van der Waals surface area (Å²) in [6, 6.07) is 7.93. The molecule has 1 aromatic carbocycles. The van der Waals surface area contributed by atoms with Gasteiger partial charge in [0, 0.05) is 15.6 Å². The number of allylic oxidation sites excluding steroid dienone is 4. The van der Waals surface area contributed by atoms with Crippen molar-refractivity contribution in [3.05, 3.63) is 51.4 Å². The maximum atomic E-state index is 13.5. The highest BCUT2D eigenvalue weighted by molar-refractivity contribution is 14.1. The SMILES string of the molecule is FC1=C(c2ccc(I)cc2)C=CCC1. The molecule has 0 unspecified atom stereocenters. The van der Waals surface area contributed by atoms with Gasteiger partial charge in [0.2, 0.25) is 0 Å². The summed E-state index contributed by atoms with van der Waals surface area (Å²) in [6.45, 7) is 0. The first-order valence-corrected chi connectivity index (χ1v) is 5.66. The Morgan fingerprint density at radius 1 is 1.14 bits per heavy atom. The summed E-state index contributed by atoms with van der Waals surface area (Å²) in [5, 5.41) is 0. The molecule has 0 radical (unpaired) electrons. The first kappa shape index (κ1) is 9.90. The topological polar surface area (TPSA) is 0 Å². The highest BCUT2D eigenvalue weighted by Gasteiger charge is 2.09. The lowest BCUT2D eigenvalue weighted by atomic mass is 9.99. The van der Waals surface area contributed by atoms with Crippen molar-refractivity contribution in [2.75, 3.05) is 0 Å². The van der Waals surface area contributed by atoms with E-state index in [4.69, 9.17) is 0 Å². The molecule has 2 heteroatoms. The van der Waals surface area contributed by atoms with E-state index in [0.29, 0.717) is 6.42 Å². The summed E-state index contributed by atoms with van der Waals surface area (Å²) in [4.78, 5) is 0. The van der Waals surface area contributed by atoms with Crippen molar-refractivity contribution >= 4 is 28.2 Å². The van der Waals surface area contributed by atoms with Crippen molar-refractivity contribution in [1.29, 1.82) is 0 Å². The average Bonchev–Trinajstić information content (AvgIpc) is 2.20. The van der Waals surface area contributed by atoms with E-state index in [1.165, 1.54) is 3.57 Å². The fourth-order valence-electron chi connectivity index (χ4n) is 1.52. The summed E-state index contributed by atoms with van der Waals surface area (Å²) in [5.41, 5.74) is 1.71. The maximum Gasteiger partial charge on any atom is 0.108 e. The predicted octanol–water partition coefficient (Wildman–Crippen LogP) is 4.32. The fraction of sp³-hybridized carbons (Fsp3) is 0.167. The van der Waals surface area contributed by atoms with Gasteiger partial charge in [0.25, 0.3) is 0 Å². The average molecular weight is 300 g/mol. The molecule has 0 saturated heterocycles. The number of hydrogen-bond acceptors (Lipinski definition) is 0. The Morgan fingerprint density at radius 3 is 2.50 bits per heavy atom. The molecule has 14 heavy (non-hydrogen) atoms. The molecule has 2 rings (SSSR count). The molecule has 0 spiro atoms. The zero-order valence-electron chi connectivity index (χ0n) is 7.63. The van der Waals surface area contributed by atoms with E-state index in [1.807, 2.05) is 36.4 Å². The van der Waals surface area contributed by atoms with Crippen LogP contribution in [0.15, 0.2) is 42.2 Å². The monoisotopic (exact) mass is 300 g/mol. The van der Waals surface area contributed by atoms with E-state index in [9.17, 15) is 4.39 Å². The molecule has 1 aliphatic rings. The van der Waals surface area contributed by atoms with Gasteiger partial charge in [-0.25, -0.2) is 4.39 Å². The summed E-state index contributed by atoms with van der Waals surface area (Å²) in [6.07, 6.45) is 5.26.